The Morgan fingerprint density at radius 1 is 1.37 bits per heavy atom. The quantitative estimate of drug-likeness (QED) is 0.887. The number of nitrogens with one attached hydrogen (secondary N) is 1. The average Bonchev–Trinajstić information content (AvgIpc) is 2.70. The van der Waals surface area contributed by atoms with Crippen molar-refractivity contribution in [2.24, 2.45) is 0 Å². The van der Waals surface area contributed by atoms with Gasteiger partial charge in [0, 0.05) is 12.1 Å². The van der Waals surface area contributed by atoms with Crippen molar-refractivity contribution in [3.8, 4) is 5.75 Å². The summed E-state index contributed by atoms with van der Waals surface area (Å²) in [6, 6.07) is 5.07. The number of benzene rings is 1. The molecule has 2 aromatic rings. The van der Waals surface area contributed by atoms with Crippen LogP contribution >= 0.6 is 0 Å². The first-order chi connectivity index (χ1) is 9.00. The van der Waals surface area contributed by atoms with Gasteiger partial charge in [-0.25, -0.2) is 0 Å². The highest BCUT2D eigenvalue weighted by Gasteiger charge is 2.14. The lowest BCUT2D eigenvalue weighted by Crippen LogP contribution is -2.23. The predicted molar refractivity (Wildman–Crippen MR) is 70.0 cm³/mol. The molecule has 2 N–H and O–H groups in total. The van der Waals surface area contributed by atoms with Crippen molar-refractivity contribution < 1.29 is 14.4 Å². The van der Waals surface area contributed by atoms with Gasteiger partial charge in [-0.2, -0.15) is 0 Å². The number of rotatable bonds is 3. The second-order valence-corrected chi connectivity index (χ2v) is 4.46. The molecule has 0 aliphatic rings. The molecule has 0 aliphatic carbocycles. The van der Waals surface area contributed by atoms with Crippen LogP contribution in [0.15, 0.2) is 22.7 Å². The number of aromatic nitrogens is 1. The third-order valence-corrected chi connectivity index (χ3v) is 3.09. The van der Waals surface area contributed by atoms with Crippen molar-refractivity contribution in [2.45, 2.75) is 27.3 Å². The highest BCUT2D eigenvalue weighted by molar-refractivity contribution is 5.97. The van der Waals surface area contributed by atoms with Gasteiger partial charge in [-0.3, -0.25) is 4.79 Å². The Bertz CT molecular complexity index is 598. The van der Waals surface area contributed by atoms with Crippen LogP contribution < -0.4 is 5.32 Å². The van der Waals surface area contributed by atoms with E-state index in [-0.39, 0.29) is 17.2 Å². The van der Waals surface area contributed by atoms with Crippen LogP contribution in [0.25, 0.3) is 0 Å². The molecule has 2 rings (SSSR count). The molecule has 1 amide bonds. The van der Waals surface area contributed by atoms with Crippen LogP contribution in [-0.2, 0) is 6.54 Å². The Labute approximate surface area is 111 Å². The number of aryl methyl sites for hydroxylation is 3. The number of para-hydroxylation sites is 1. The molecule has 1 aromatic heterocycles. The maximum absolute atomic E-state index is 12.0. The van der Waals surface area contributed by atoms with Gasteiger partial charge in [-0.05, 0) is 32.4 Å². The third kappa shape index (κ3) is 2.59. The molecule has 100 valence electrons. The molecule has 0 fully saturated rings. The zero-order valence-electron chi connectivity index (χ0n) is 11.2. The van der Waals surface area contributed by atoms with E-state index in [0.717, 1.165) is 11.3 Å². The summed E-state index contributed by atoms with van der Waals surface area (Å²) in [6.45, 7) is 5.70. The van der Waals surface area contributed by atoms with E-state index in [1.54, 1.807) is 32.0 Å². The van der Waals surface area contributed by atoms with Crippen LogP contribution in [0.4, 0.5) is 0 Å². The molecule has 19 heavy (non-hydrogen) atoms. The zero-order chi connectivity index (χ0) is 14.0. The second kappa shape index (κ2) is 5.14. The molecule has 5 heteroatoms. The van der Waals surface area contributed by atoms with E-state index in [4.69, 9.17) is 4.52 Å². The maximum atomic E-state index is 12.0. The second-order valence-electron chi connectivity index (χ2n) is 4.46. The average molecular weight is 260 g/mol. The minimum absolute atomic E-state index is 0.0127. The topological polar surface area (TPSA) is 75.4 Å². The summed E-state index contributed by atoms with van der Waals surface area (Å²) in [4.78, 5) is 12.0. The number of hydrogen-bond acceptors (Lipinski definition) is 4. The van der Waals surface area contributed by atoms with Crippen molar-refractivity contribution in [1.29, 1.82) is 0 Å². The normalized spacial score (nSPS) is 10.5. The van der Waals surface area contributed by atoms with Crippen molar-refractivity contribution in [2.75, 3.05) is 0 Å². The van der Waals surface area contributed by atoms with Gasteiger partial charge in [0.25, 0.3) is 5.91 Å². The monoisotopic (exact) mass is 260 g/mol. The van der Waals surface area contributed by atoms with E-state index < -0.39 is 0 Å². The number of aromatic hydroxyl groups is 1. The summed E-state index contributed by atoms with van der Waals surface area (Å²) < 4.78 is 5.03. The third-order valence-electron chi connectivity index (χ3n) is 3.09. The number of carbonyl (C=O) groups excluding carboxylic acids is 1. The first-order valence-corrected chi connectivity index (χ1v) is 5.99. The minimum Gasteiger partial charge on any atom is -0.507 e. The van der Waals surface area contributed by atoms with Gasteiger partial charge in [0.2, 0.25) is 0 Å². The van der Waals surface area contributed by atoms with Gasteiger partial charge in [-0.1, -0.05) is 17.3 Å². The fourth-order valence-corrected chi connectivity index (χ4v) is 1.86. The van der Waals surface area contributed by atoms with Gasteiger partial charge in [0.05, 0.1) is 11.3 Å². The van der Waals surface area contributed by atoms with E-state index in [9.17, 15) is 9.90 Å². The summed E-state index contributed by atoms with van der Waals surface area (Å²) in [5, 5.41) is 16.4. The first-order valence-electron chi connectivity index (χ1n) is 5.99. The molecule has 0 unspecified atom stereocenters. The van der Waals surface area contributed by atoms with Crippen LogP contribution in [0, 0.1) is 20.8 Å². The van der Waals surface area contributed by atoms with Gasteiger partial charge in [0.15, 0.2) is 0 Å². The summed E-state index contributed by atoms with van der Waals surface area (Å²) in [7, 11) is 0. The van der Waals surface area contributed by atoms with Crippen LogP contribution in [0.3, 0.4) is 0 Å². The molecule has 0 bridgehead atoms. The number of carbonyl (C=O) groups is 1. The number of nitrogens with zero attached hydrogens (tertiary/aromatic N) is 1. The number of hydrogen-bond donors (Lipinski definition) is 2. The Hall–Kier alpha value is -2.30. The molecule has 0 aliphatic heterocycles. The molecule has 0 spiro atoms. The molecule has 0 saturated heterocycles. The zero-order valence-corrected chi connectivity index (χ0v) is 11.2. The molecule has 1 heterocycles. The van der Waals surface area contributed by atoms with E-state index >= 15 is 0 Å². The molecule has 1 aromatic carbocycles. The molecule has 0 atom stereocenters. The van der Waals surface area contributed by atoms with E-state index in [0.29, 0.717) is 17.9 Å². The lowest BCUT2D eigenvalue weighted by Gasteiger charge is -2.08. The molecular weight excluding hydrogens is 244 g/mol. The van der Waals surface area contributed by atoms with Crippen molar-refractivity contribution in [3.05, 3.63) is 46.3 Å². The van der Waals surface area contributed by atoms with E-state index in [1.165, 1.54) is 0 Å². The largest absolute Gasteiger partial charge is 0.507 e. The fourth-order valence-electron chi connectivity index (χ4n) is 1.86. The summed E-state index contributed by atoms with van der Waals surface area (Å²) in [6.07, 6.45) is 0. The molecule has 0 saturated carbocycles. The lowest BCUT2D eigenvalue weighted by molar-refractivity contribution is 0.0948. The number of amides is 1. The van der Waals surface area contributed by atoms with Gasteiger partial charge in [-0.15, -0.1) is 0 Å². The Morgan fingerprint density at radius 3 is 2.74 bits per heavy atom. The van der Waals surface area contributed by atoms with E-state index in [2.05, 4.69) is 10.5 Å². The van der Waals surface area contributed by atoms with Gasteiger partial charge >= 0.3 is 0 Å². The fraction of sp³-hybridized carbons (Fsp3) is 0.286. The Morgan fingerprint density at radius 2 is 2.11 bits per heavy atom. The number of phenolic OH excluding ortho intramolecular Hbond substituents is 1. The predicted octanol–water partition coefficient (Wildman–Crippen LogP) is 2.24. The van der Waals surface area contributed by atoms with Crippen LogP contribution in [0.5, 0.6) is 5.75 Å². The SMILES string of the molecule is Cc1cccc(C(=O)NCc2c(C)noc2C)c1O. The highest BCUT2D eigenvalue weighted by Crippen LogP contribution is 2.21. The standard InChI is InChI=1S/C14H16N2O3/c1-8-5-4-6-11(13(8)17)14(18)15-7-12-9(2)16-19-10(12)3/h4-6,17H,7H2,1-3H3,(H,15,18). The molecule has 0 radical (unpaired) electrons. The minimum atomic E-state index is -0.318. The van der Waals surface area contributed by atoms with Crippen molar-refractivity contribution >= 4 is 5.91 Å². The van der Waals surface area contributed by atoms with Crippen LogP contribution in [0.1, 0.15) is 32.9 Å². The molecule has 5 nitrogen and oxygen atoms in total. The van der Waals surface area contributed by atoms with Crippen LogP contribution in [0.2, 0.25) is 0 Å². The highest BCUT2D eigenvalue weighted by atomic mass is 16.5. The van der Waals surface area contributed by atoms with Crippen molar-refractivity contribution in [1.82, 2.24) is 10.5 Å². The van der Waals surface area contributed by atoms with Gasteiger partial charge < -0.3 is 14.9 Å². The Balaban J connectivity index is 2.12. The number of phenols is 1. The first kappa shape index (κ1) is 13.1. The van der Waals surface area contributed by atoms with Crippen LogP contribution in [-0.4, -0.2) is 16.2 Å². The summed E-state index contributed by atoms with van der Waals surface area (Å²) in [5.74, 6) is 0.381. The Kier molecular flexibility index (Phi) is 3.55. The van der Waals surface area contributed by atoms with Gasteiger partial charge in [0.1, 0.15) is 11.5 Å². The lowest BCUT2D eigenvalue weighted by atomic mass is 10.1. The summed E-state index contributed by atoms with van der Waals surface area (Å²) in [5.41, 5.74) is 2.56. The smallest absolute Gasteiger partial charge is 0.255 e. The molecular formula is C14H16N2O3. The maximum Gasteiger partial charge on any atom is 0.255 e. The van der Waals surface area contributed by atoms with E-state index in [1.807, 2.05) is 6.92 Å². The summed E-state index contributed by atoms with van der Waals surface area (Å²) >= 11 is 0. The van der Waals surface area contributed by atoms with Crippen molar-refractivity contribution in [3.63, 3.8) is 0 Å².